The molecule has 2 heterocycles. The number of hydrogen-bond acceptors (Lipinski definition) is 5. The molecule has 0 N–H and O–H groups in total. The number of carbonyl (C=O) groups is 1. The Morgan fingerprint density at radius 3 is 2.51 bits per heavy atom. The number of ether oxygens (including phenoxy) is 1. The van der Waals surface area contributed by atoms with Gasteiger partial charge in [0.15, 0.2) is 0 Å². The molecule has 0 unspecified atom stereocenters. The third-order valence-corrected chi connectivity index (χ3v) is 6.86. The van der Waals surface area contributed by atoms with Crippen molar-refractivity contribution < 1.29 is 13.9 Å². The number of nitrogens with zero attached hydrogens (tertiary/aromatic N) is 4. The SMILES string of the molecule is Cc1ccc2ncc(=O)n(CCN3CCC(N(Cc4ccc(C)c(F)c4)C(=O)OC(C)(C)C)CC3)c2c1. The monoisotopic (exact) mass is 508 g/mol. The number of amides is 1. The Balaban J connectivity index is 1.43. The highest BCUT2D eigenvalue weighted by Gasteiger charge is 2.31. The molecule has 0 aliphatic carbocycles. The average molecular weight is 509 g/mol. The molecule has 1 aromatic heterocycles. The highest BCUT2D eigenvalue weighted by atomic mass is 19.1. The Morgan fingerprint density at radius 2 is 1.84 bits per heavy atom. The normalized spacial score (nSPS) is 15.2. The lowest BCUT2D eigenvalue weighted by molar-refractivity contribution is 0.00563. The third-order valence-electron chi connectivity index (χ3n) is 6.86. The fourth-order valence-corrected chi connectivity index (χ4v) is 4.79. The first-order valence-electron chi connectivity index (χ1n) is 12.9. The average Bonchev–Trinajstić information content (AvgIpc) is 2.83. The van der Waals surface area contributed by atoms with Gasteiger partial charge in [0.05, 0.1) is 17.2 Å². The molecule has 1 aliphatic heterocycles. The number of halogens is 1. The lowest BCUT2D eigenvalue weighted by atomic mass is 10.0. The van der Waals surface area contributed by atoms with Crippen LogP contribution in [-0.4, -0.2) is 56.7 Å². The number of likely N-dealkylation sites (tertiary alicyclic amines) is 1. The minimum Gasteiger partial charge on any atom is -0.444 e. The molecule has 1 fully saturated rings. The second kappa shape index (κ2) is 11.0. The summed E-state index contributed by atoms with van der Waals surface area (Å²) < 4.78 is 21.7. The molecule has 7 nitrogen and oxygen atoms in total. The van der Waals surface area contributed by atoms with E-state index in [0.717, 1.165) is 54.6 Å². The van der Waals surface area contributed by atoms with Gasteiger partial charge in [-0.3, -0.25) is 4.79 Å². The van der Waals surface area contributed by atoms with Crippen molar-refractivity contribution in [3.05, 3.63) is 75.5 Å². The third kappa shape index (κ3) is 6.74. The summed E-state index contributed by atoms with van der Waals surface area (Å²) in [6.07, 6.45) is 2.56. The lowest BCUT2D eigenvalue weighted by Crippen LogP contribution is -2.49. The van der Waals surface area contributed by atoms with Crippen LogP contribution in [0.2, 0.25) is 0 Å². The second-order valence-corrected chi connectivity index (χ2v) is 11.0. The van der Waals surface area contributed by atoms with E-state index in [4.69, 9.17) is 4.74 Å². The van der Waals surface area contributed by atoms with Crippen molar-refractivity contribution in [1.29, 1.82) is 0 Å². The molecule has 37 heavy (non-hydrogen) atoms. The van der Waals surface area contributed by atoms with E-state index in [9.17, 15) is 14.0 Å². The van der Waals surface area contributed by atoms with Crippen LogP contribution < -0.4 is 5.56 Å². The van der Waals surface area contributed by atoms with Crippen LogP contribution in [0.3, 0.4) is 0 Å². The molecule has 0 saturated carbocycles. The zero-order valence-electron chi connectivity index (χ0n) is 22.5. The molecule has 0 radical (unpaired) electrons. The number of rotatable bonds is 6. The van der Waals surface area contributed by atoms with E-state index in [1.807, 2.05) is 52.0 Å². The zero-order valence-corrected chi connectivity index (χ0v) is 22.5. The first-order chi connectivity index (χ1) is 17.5. The predicted molar refractivity (Wildman–Crippen MR) is 143 cm³/mol. The molecule has 3 aromatic rings. The summed E-state index contributed by atoms with van der Waals surface area (Å²) in [6.45, 7) is 12.5. The quantitative estimate of drug-likeness (QED) is 0.466. The predicted octanol–water partition coefficient (Wildman–Crippen LogP) is 5.05. The molecule has 1 amide bonds. The van der Waals surface area contributed by atoms with E-state index < -0.39 is 5.60 Å². The zero-order chi connectivity index (χ0) is 26.7. The number of aromatic nitrogens is 2. The van der Waals surface area contributed by atoms with Crippen molar-refractivity contribution in [1.82, 2.24) is 19.4 Å². The number of hydrogen-bond donors (Lipinski definition) is 0. The van der Waals surface area contributed by atoms with Crippen molar-refractivity contribution in [3.63, 3.8) is 0 Å². The number of benzene rings is 2. The topological polar surface area (TPSA) is 67.7 Å². The number of piperidine rings is 1. The molecule has 0 spiro atoms. The van der Waals surface area contributed by atoms with Crippen molar-refractivity contribution in [3.8, 4) is 0 Å². The summed E-state index contributed by atoms with van der Waals surface area (Å²) in [6, 6.07) is 11.0. The minimum absolute atomic E-state index is 0.0115. The van der Waals surface area contributed by atoms with Crippen LogP contribution in [0.4, 0.5) is 9.18 Å². The van der Waals surface area contributed by atoms with E-state index in [1.165, 1.54) is 12.3 Å². The standard InChI is InChI=1S/C29H37FN4O3/c1-20-6-9-25-26(16-20)33(27(35)18-31-25)15-14-32-12-10-23(11-13-32)34(28(36)37-29(3,4)5)19-22-8-7-21(2)24(30)17-22/h6-9,16-18,23H,10-15,19H2,1-5H3. The molecule has 0 bridgehead atoms. The fourth-order valence-electron chi connectivity index (χ4n) is 4.79. The molecule has 4 rings (SSSR count). The second-order valence-electron chi connectivity index (χ2n) is 11.0. The van der Waals surface area contributed by atoms with Crippen molar-refractivity contribution >= 4 is 17.1 Å². The summed E-state index contributed by atoms with van der Waals surface area (Å²) in [5.74, 6) is -0.273. The van der Waals surface area contributed by atoms with E-state index in [-0.39, 0.29) is 23.5 Å². The van der Waals surface area contributed by atoms with Gasteiger partial charge in [-0.1, -0.05) is 18.2 Å². The van der Waals surface area contributed by atoms with Gasteiger partial charge in [-0.2, -0.15) is 0 Å². The smallest absolute Gasteiger partial charge is 0.410 e. The Labute approximate surface area is 217 Å². The minimum atomic E-state index is -0.618. The van der Waals surface area contributed by atoms with Gasteiger partial charge in [0.2, 0.25) is 0 Å². The molecule has 198 valence electrons. The first kappa shape index (κ1) is 26.8. The van der Waals surface area contributed by atoms with Gasteiger partial charge in [0.25, 0.3) is 5.56 Å². The molecule has 1 saturated heterocycles. The number of aryl methyl sites for hydroxylation is 2. The molecule has 2 aromatic carbocycles. The maximum Gasteiger partial charge on any atom is 0.410 e. The van der Waals surface area contributed by atoms with Gasteiger partial charge in [0, 0.05) is 38.8 Å². The fraction of sp³-hybridized carbons (Fsp3) is 0.483. The van der Waals surface area contributed by atoms with Gasteiger partial charge in [-0.25, -0.2) is 14.2 Å². The molecule has 0 atom stereocenters. The van der Waals surface area contributed by atoms with E-state index in [1.54, 1.807) is 22.5 Å². The number of carbonyl (C=O) groups excluding carboxylic acids is 1. The Bertz CT molecular complexity index is 1320. The molecular formula is C29H37FN4O3. The van der Waals surface area contributed by atoms with Crippen LogP contribution in [0, 0.1) is 19.7 Å². The highest BCUT2D eigenvalue weighted by molar-refractivity contribution is 5.75. The summed E-state index contributed by atoms with van der Waals surface area (Å²) >= 11 is 0. The van der Waals surface area contributed by atoms with Gasteiger partial charge in [-0.05, 0) is 82.3 Å². The van der Waals surface area contributed by atoms with Crippen LogP contribution in [0.1, 0.15) is 50.3 Å². The van der Waals surface area contributed by atoms with Crippen LogP contribution in [0.5, 0.6) is 0 Å². The molecule has 8 heteroatoms. The van der Waals surface area contributed by atoms with E-state index in [0.29, 0.717) is 18.7 Å². The Hall–Kier alpha value is -3.26. The maximum absolute atomic E-state index is 14.2. The molecular weight excluding hydrogens is 471 g/mol. The summed E-state index contributed by atoms with van der Waals surface area (Å²) in [5, 5.41) is 0. The van der Waals surface area contributed by atoms with Crippen molar-refractivity contribution in [2.75, 3.05) is 19.6 Å². The molecule has 1 aliphatic rings. The first-order valence-corrected chi connectivity index (χ1v) is 12.9. The Kier molecular flexibility index (Phi) is 7.97. The van der Waals surface area contributed by atoms with Crippen LogP contribution in [-0.2, 0) is 17.8 Å². The van der Waals surface area contributed by atoms with Crippen LogP contribution in [0.25, 0.3) is 11.0 Å². The maximum atomic E-state index is 14.2. The van der Waals surface area contributed by atoms with E-state index in [2.05, 4.69) is 9.88 Å². The van der Waals surface area contributed by atoms with Gasteiger partial charge < -0.3 is 19.1 Å². The highest BCUT2D eigenvalue weighted by Crippen LogP contribution is 2.23. The van der Waals surface area contributed by atoms with Crippen LogP contribution in [0.15, 0.2) is 47.4 Å². The van der Waals surface area contributed by atoms with Crippen molar-refractivity contribution in [2.45, 2.75) is 72.2 Å². The van der Waals surface area contributed by atoms with Crippen molar-refractivity contribution in [2.24, 2.45) is 0 Å². The summed E-state index contributed by atoms with van der Waals surface area (Å²) in [4.78, 5) is 34.1. The number of fused-ring (bicyclic) bond motifs is 1. The van der Waals surface area contributed by atoms with Gasteiger partial charge in [0.1, 0.15) is 11.4 Å². The van der Waals surface area contributed by atoms with Gasteiger partial charge in [-0.15, -0.1) is 0 Å². The summed E-state index contributed by atoms with van der Waals surface area (Å²) in [5.41, 5.74) is 3.36. The van der Waals surface area contributed by atoms with Crippen LogP contribution >= 0.6 is 0 Å². The van der Waals surface area contributed by atoms with Gasteiger partial charge >= 0.3 is 6.09 Å². The largest absolute Gasteiger partial charge is 0.444 e. The lowest BCUT2D eigenvalue weighted by Gasteiger charge is -2.39. The summed E-state index contributed by atoms with van der Waals surface area (Å²) in [7, 11) is 0. The Morgan fingerprint density at radius 1 is 1.11 bits per heavy atom. The van der Waals surface area contributed by atoms with E-state index >= 15 is 0 Å².